The molecule has 0 fully saturated rings. The molecule has 0 amide bonds. The van der Waals surface area contributed by atoms with Crippen molar-refractivity contribution in [3.63, 3.8) is 0 Å². The first-order valence-electron chi connectivity index (χ1n) is 6.12. The molecule has 2 aromatic rings. The summed E-state index contributed by atoms with van der Waals surface area (Å²) in [4.78, 5) is 0.860. The Morgan fingerprint density at radius 1 is 1.10 bits per heavy atom. The van der Waals surface area contributed by atoms with Crippen molar-refractivity contribution < 1.29 is 8.78 Å². The van der Waals surface area contributed by atoms with Gasteiger partial charge in [-0.05, 0) is 42.3 Å². The van der Waals surface area contributed by atoms with Crippen LogP contribution in [0.25, 0.3) is 0 Å². The van der Waals surface area contributed by atoms with Gasteiger partial charge in [0.25, 0.3) is 0 Å². The summed E-state index contributed by atoms with van der Waals surface area (Å²) in [6, 6.07) is 10.9. The average Bonchev–Trinajstić information content (AvgIpc) is 2.40. The molecular weight excluding hydrogens is 344 g/mol. The molecule has 0 saturated heterocycles. The molecule has 0 heterocycles. The normalized spacial score (nSPS) is 12.4. The molecule has 0 radical (unpaired) electrons. The fourth-order valence-electron chi connectivity index (χ4n) is 1.79. The van der Waals surface area contributed by atoms with Gasteiger partial charge in [0.15, 0.2) is 0 Å². The molecule has 0 saturated carbocycles. The Balaban J connectivity index is 1.90. The van der Waals surface area contributed by atoms with E-state index in [1.165, 1.54) is 36.0 Å². The molecule has 5 heteroatoms. The highest BCUT2D eigenvalue weighted by Gasteiger charge is 2.09. The Labute approximate surface area is 129 Å². The molecule has 0 bridgehead atoms. The van der Waals surface area contributed by atoms with Crippen molar-refractivity contribution in [3.8, 4) is 0 Å². The van der Waals surface area contributed by atoms with Crippen molar-refractivity contribution in [3.05, 3.63) is 64.1 Å². The average molecular weight is 358 g/mol. The molecule has 20 heavy (non-hydrogen) atoms. The van der Waals surface area contributed by atoms with Gasteiger partial charge in [0, 0.05) is 21.2 Å². The third kappa shape index (κ3) is 4.58. The second-order valence-electron chi connectivity index (χ2n) is 4.47. The summed E-state index contributed by atoms with van der Waals surface area (Å²) in [5.74, 6) is 0.154. The van der Waals surface area contributed by atoms with Crippen molar-refractivity contribution in [2.24, 2.45) is 5.73 Å². The minimum Gasteiger partial charge on any atom is -0.327 e. The highest BCUT2D eigenvalue weighted by molar-refractivity contribution is 9.10. The van der Waals surface area contributed by atoms with Crippen molar-refractivity contribution in [2.45, 2.75) is 17.4 Å². The zero-order valence-electron chi connectivity index (χ0n) is 10.7. The fourth-order valence-corrected chi connectivity index (χ4v) is 3.20. The lowest BCUT2D eigenvalue weighted by Gasteiger charge is -2.12. The summed E-state index contributed by atoms with van der Waals surface area (Å²) >= 11 is 4.85. The third-order valence-corrected chi connectivity index (χ3v) is 4.68. The topological polar surface area (TPSA) is 26.0 Å². The molecule has 2 N–H and O–H groups in total. The highest BCUT2D eigenvalue weighted by atomic mass is 79.9. The highest BCUT2D eigenvalue weighted by Crippen LogP contribution is 2.23. The Bertz CT molecular complexity index is 592. The maximum atomic E-state index is 13.0. The van der Waals surface area contributed by atoms with Gasteiger partial charge in [0.05, 0.1) is 0 Å². The van der Waals surface area contributed by atoms with Crippen LogP contribution in [-0.4, -0.2) is 11.8 Å². The second-order valence-corrected chi connectivity index (χ2v) is 6.42. The maximum absolute atomic E-state index is 13.0. The lowest BCUT2D eigenvalue weighted by molar-refractivity contribution is 0.624. The van der Waals surface area contributed by atoms with Gasteiger partial charge in [-0.25, -0.2) is 8.78 Å². The molecule has 1 atom stereocenters. The van der Waals surface area contributed by atoms with Crippen LogP contribution < -0.4 is 5.73 Å². The summed E-state index contributed by atoms with van der Waals surface area (Å²) in [6.07, 6.45) is 0.642. The van der Waals surface area contributed by atoms with E-state index < -0.39 is 0 Å². The van der Waals surface area contributed by atoms with E-state index in [1.807, 2.05) is 6.07 Å². The Hall–Kier alpha value is -0.910. The van der Waals surface area contributed by atoms with Crippen LogP contribution in [0.3, 0.4) is 0 Å². The van der Waals surface area contributed by atoms with Crippen LogP contribution in [0.4, 0.5) is 8.78 Å². The Kier molecular flexibility index (Phi) is 5.57. The number of benzene rings is 2. The lowest BCUT2D eigenvalue weighted by atomic mass is 10.1. The van der Waals surface area contributed by atoms with Crippen LogP contribution in [0, 0.1) is 11.6 Å². The van der Waals surface area contributed by atoms with E-state index in [0.29, 0.717) is 12.2 Å². The van der Waals surface area contributed by atoms with Gasteiger partial charge in [-0.3, -0.25) is 0 Å². The zero-order chi connectivity index (χ0) is 14.5. The number of hydrogen-bond donors (Lipinski definition) is 1. The number of thioether (sulfide) groups is 1. The molecular formula is C15H14BrF2NS. The largest absolute Gasteiger partial charge is 0.327 e. The predicted molar refractivity (Wildman–Crippen MR) is 82.9 cm³/mol. The monoisotopic (exact) mass is 357 g/mol. The number of nitrogens with two attached hydrogens (primary N) is 1. The van der Waals surface area contributed by atoms with Crippen LogP contribution >= 0.6 is 27.7 Å². The van der Waals surface area contributed by atoms with Crippen molar-refractivity contribution in [1.29, 1.82) is 0 Å². The van der Waals surface area contributed by atoms with Crippen molar-refractivity contribution in [1.82, 2.24) is 0 Å². The molecule has 0 aromatic heterocycles. The van der Waals surface area contributed by atoms with Gasteiger partial charge >= 0.3 is 0 Å². The lowest BCUT2D eigenvalue weighted by Crippen LogP contribution is -2.25. The van der Waals surface area contributed by atoms with Crippen molar-refractivity contribution >= 4 is 27.7 Å². The summed E-state index contributed by atoms with van der Waals surface area (Å²) in [5, 5.41) is 0. The van der Waals surface area contributed by atoms with Crippen LogP contribution in [-0.2, 0) is 6.42 Å². The SMILES string of the molecule is NC(CSc1cccc(F)c1)Cc1ccc(F)cc1Br. The van der Waals surface area contributed by atoms with Gasteiger partial charge in [0.1, 0.15) is 11.6 Å². The molecule has 2 rings (SSSR count). The first-order valence-corrected chi connectivity index (χ1v) is 7.90. The standard InChI is InChI=1S/C15H14BrF2NS/c16-15-8-12(18)5-4-10(15)6-13(19)9-20-14-3-1-2-11(17)7-14/h1-5,7-8,13H,6,9,19H2. The van der Waals surface area contributed by atoms with E-state index in [0.717, 1.165) is 14.9 Å². The minimum atomic E-state index is -0.275. The molecule has 1 nitrogen and oxygen atoms in total. The molecule has 2 aromatic carbocycles. The van der Waals surface area contributed by atoms with Gasteiger partial charge in [-0.15, -0.1) is 11.8 Å². The summed E-state index contributed by atoms with van der Waals surface area (Å²) in [5.41, 5.74) is 7.04. The number of halogens is 3. The molecule has 0 aliphatic carbocycles. The quantitative estimate of drug-likeness (QED) is 0.803. The smallest absolute Gasteiger partial charge is 0.124 e. The second kappa shape index (κ2) is 7.20. The van der Waals surface area contributed by atoms with Gasteiger partial charge < -0.3 is 5.73 Å². The first kappa shape index (κ1) is 15.5. The van der Waals surface area contributed by atoms with Gasteiger partial charge in [-0.1, -0.05) is 28.1 Å². The van der Waals surface area contributed by atoms with E-state index in [4.69, 9.17) is 5.73 Å². The van der Waals surface area contributed by atoms with E-state index in [9.17, 15) is 8.78 Å². The van der Waals surface area contributed by atoms with Gasteiger partial charge in [-0.2, -0.15) is 0 Å². The minimum absolute atomic E-state index is 0.0787. The van der Waals surface area contributed by atoms with Crippen molar-refractivity contribution in [2.75, 3.05) is 5.75 Å². The van der Waals surface area contributed by atoms with E-state index >= 15 is 0 Å². The zero-order valence-corrected chi connectivity index (χ0v) is 13.1. The fraction of sp³-hybridized carbons (Fsp3) is 0.200. The van der Waals surface area contributed by atoms with Crippen LogP contribution in [0.15, 0.2) is 51.8 Å². The molecule has 0 aliphatic rings. The van der Waals surface area contributed by atoms with Gasteiger partial charge in [0.2, 0.25) is 0 Å². The third-order valence-electron chi connectivity index (χ3n) is 2.76. The van der Waals surface area contributed by atoms with Crippen LogP contribution in [0.1, 0.15) is 5.56 Å². The Morgan fingerprint density at radius 3 is 2.55 bits per heavy atom. The predicted octanol–water partition coefficient (Wildman–Crippen LogP) is 4.39. The first-order chi connectivity index (χ1) is 9.54. The molecule has 106 valence electrons. The Morgan fingerprint density at radius 2 is 1.85 bits per heavy atom. The van der Waals surface area contributed by atoms with E-state index in [1.54, 1.807) is 12.1 Å². The molecule has 1 unspecified atom stereocenters. The van der Waals surface area contributed by atoms with Crippen LogP contribution in [0.5, 0.6) is 0 Å². The number of rotatable bonds is 5. The van der Waals surface area contributed by atoms with E-state index in [-0.39, 0.29) is 17.7 Å². The summed E-state index contributed by atoms with van der Waals surface area (Å²) < 4.78 is 26.8. The molecule has 0 spiro atoms. The summed E-state index contributed by atoms with van der Waals surface area (Å²) in [6.45, 7) is 0. The maximum Gasteiger partial charge on any atom is 0.124 e. The van der Waals surface area contributed by atoms with E-state index in [2.05, 4.69) is 15.9 Å². The number of hydrogen-bond acceptors (Lipinski definition) is 2. The van der Waals surface area contributed by atoms with Crippen LogP contribution in [0.2, 0.25) is 0 Å². The molecule has 0 aliphatic heterocycles. The summed E-state index contributed by atoms with van der Waals surface area (Å²) in [7, 11) is 0.